The number of amides is 1. The van der Waals surface area contributed by atoms with Gasteiger partial charge in [0.2, 0.25) is 15.9 Å². The van der Waals surface area contributed by atoms with Crippen LogP contribution in [0.15, 0.2) is 35.6 Å². The van der Waals surface area contributed by atoms with Gasteiger partial charge in [0.1, 0.15) is 30.4 Å². The van der Waals surface area contributed by atoms with Crippen molar-refractivity contribution in [2.24, 2.45) is 4.99 Å². The molecule has 1 amide bonds. The van der Waals surface area contributed by atoms with Crippen molar-refractivity contribution in [2.75, 3.05) is 39.4 Å². The summed E-state index contributed by atoms with van der Waals surface area (Å²) in [6.45, 7) is 7.86. The van der Waals surface area contributed by atoms with E-state index in [0.29, 0.717) is 10.9 Å². The van der Waals surface area contributed by atoms with Gasteiger partial charge in [-0.15, -0.1) is 0 Å². The molecule has 1 aliphatic rings. The van der Waals surface area contributed by atoms with Gasteiger partial charge in [-0.25, -0.2) is 41.3 Å². The molecule has 0 saturated heterocycles. The lowest BCUT2D eigenvalue weighted by atomic mass is 9.92. The summed E-state index contributed by atoms with van der Waals surface area (Å²) in [4.78, 5) is 24.6. The Kier molecular flexibility index (Phi) is 11.6. The van der Waals surface area contributed by atoms with Gasteiger partial charge in [-0.05, 0) is 36.7 Å². The van der Waals surface area contributed by atoms with Crippen LogP contribution in [0.1, 0.15) is 23.7 Å². The average Bonchev–Trinajstić information content (AvgIpc) is 2.94. The summed E-state index contributed by atoms with van der Waals surface area (Å²) in [5, 5.41) is 11.0. The monoisotopic (exact) mass is 651 g/mol. The lowest BCUT2D eigenvalue weighted by Crippen LogP contribution is -2.49. The number of aliphatic hydroxyl groups excluding tert-OH is 1. The number of sulfonamides is 1. The Morgan fingerprint density at radius 2 is 2.00 bits per heavy atom. The highest BCUT2D eigenvalue weighted by Gasteiger charge is 2.44. The van der Waals surface area contributed by atoms with Crippen LogP contribution in [0, 0.1) is 17.7 Å². The summed E-state index contributed by atoms with van der Waals surface area (Å²) in [5.41, 5.74) is -1.84. The predicted molar refractivity (Wildman–Crippen MR) is 163 cm³/mol. The van der Waals surface area contributed by atoms with E-state index in [1.807, 2.05) is 0 Å². The number of aromatic nitrogens is 2. The van der Waals surface area contributed by atoms with Crippen molar-refractivity contribution in [3.8, 4) is 17.7 Å². The zero-order valence-electron chi connectivity index (χ0n) is 25.1. The normalized spacial score (nSPS) is 18.1. The Bertz CT molecular complexity index is 1570. The van der Waals surface area contributed by atoms with Crippen molar-refractivity contribution in [3.63, 3.8) is 0 Å². The number of nitrogens with zero attached hydrogens (tertiary/aromatic N) is 4. The van der Waals surface area contributed by atoms with Crippen molar-refractivity contribution < 1.29 is 41.3 Å². The molecule has 1 aromatic heterocycles. The van der Waals surface area contributed by atoms with Crippen LogP contribution >= 0.6 is 0 Å². The topological polar surface area (TPSA) is 153 Å². The molecule has 16 heteroatoms. The number of rotatable bonds is 10. The Morgan fingerprint density at radius 3 is 2.66 bits per heavy atom. The highest BCUT2D eigenvalue weighted by Crippen LogP contribution is 2.35. The second-order valence-corrected chi connectivity index (χ2v) is 18.7. The zero-order valence-corrected chi connectivity index (χ0v) is 26.9. The fourth-order valence-electron chi connectivity index (χ4n) is 3.79. The minimum atomic E-state index is -4.10. The van der Waals surface area contributed by atoms with Crippen molar-refractivity contribution in [2.45, 2.75) is 38.1 Å². The number of aliphatic hydroxyl groups is 1. The number of hydrogen-bond donors (Lipinski definition) is 2. The molecule has 2 heterocycles. The first-order chi connectivity index (χ1) is 20.6. The van der Waals surface area contributed by atoms with Gasteiger partial charge in [-0.2, -0.15) is 0 Å². The standard InChI is InChI=1S/C28H35F2N5O7SSi/c1-28(18-43(38,39)35(2)26(34-28)42-27(37)33-19-40-12-13-44(3,4)5)21-14-20(8-9-22(21)29)15-23(30)24-16-32-25(17-31-24)41-11-7-6-10-36/h8-9,14-17,36H,10-13,18-19H2,1-5H3,(H,33,37). The molecular weight excluding hydrogens is 616 g/mol. The lowest BCUT2D eigenvalue weighted by molar-refractivity contribution is 0.118. The Balaban J connectivity index is 1.80. The van der Waals surface area contributed by atoms with E-state index in [1.165, 1.54) is 25.3 Å². The third-order valence-corrected chi connectivity index (χ3v) is 9.85. The van der Waals surface area contributed by atoms with Gasteiger partial charge in [0, 0.05) is 27.3 Å². The smallest absolute Gasteiger partial charge is 0.416 e. The molecule has 238 valence electrons. The van der Waals surface area contributed by atoms with Crippen molar-refractivity contribution in [1.29, 1.82) is 0 Å². The average molecular weight is 652 g/mol. The maximum Gasteiger partial charge on any atom is 0.416 e. The molecule has 0 aliphatic carbocycles. The second-order valence-electron chi connectivity index (χ2n) is 11.1. The molecule has 0 spiro atoms. The van der Waals surface area contributed by atoms with Crippen molar-refractivity contribution in [3.05, 3.63) is 53.2 Å². The number of amidine groups is 1. The number of nitrogens with one attached hydrogen (secondary N) is 1. The van der Waals surface area contributed by atoms with E-state index in [-0.39, 0.29) is 42.6 Å². The largest absolute Gasteiger partial charge is 0.463 e. The summed E-state index contributed by atoms with van der Waals surface area (Å²) < 4.78 is 72.7. The van der Waals surface area contributed by atoms with Crippen LogP contribution in [0.3, 0.4) is 0 Å². The van der Waals surface area contributed by atoms with Gasteiger partial charge < -0.3 is 19.3 Å². The fraction of sp³-hybridized carbons (Fsp3) is 0.429. The van der Waals surface area contributed by atoms with Crippen LogP contribution in [0.4, 0.5) is 13.6 Å². The van der Waals surface area contributed by atoms with Crippen LogP contribution in [0.25, 0.3) is 11.9 Å². The second kappa shape index (κ2) is 14.7. The molecule has 1 atom stereocenters. The number of hydrogen-bond acceptors (Lipinski definition) is 10. The molecular formula is C28H35F2N5O7SSi. The summed E-state index contributed by atoms with van der Waals surface area (Å²) in [6.07, 6.45) is 2.39. The first kappa shape index (κ1) is 34.6. The zero-order chi connectivity index (χ0) is 32.5. The first-order valence-electron chi connectivity index (χ1n) is 13.4. The van der Waals surface area contributed by atoms with E-state index in [1.54, 1.807) is 0 Å². The van der Waals surface area contributed by atoms with E-state index in [0.717, 1.165) is 31.4 Å². The molecule has 12 nitrogen and oxygen atoms in total. The van der Waals surface area contributed by atoms with Gasteiger partial charge in [0.05, 0.1) is 18.1 Å². The van der Waals surface area contributed by atoms with Gasteiger partial charge in [-0.3, -0.25) is 5.32 Å². The molecule has 1 aliphatic heterocycles. The van der Waals surface area contributed by atoms with E-state index < -0.39 is 53.1 Å². The Labute approximate surface area is 256 Å². The van der Waals surface area contributed by atoms with Crippen molar-refractivity contribution >= 4 is 42.1 Å². The van der Waals surface area contributed by atoms with Crippen molar-refractivity contribution in [1.82, 2.24) is 19.6 Å². The van der Waals surface area contributed by atoms with Gasteiger partial charge in [0.15, 0.2) is 12.4 Å². The number of carbonyl (C=O) groups is 1. The number of alkyl carbamates (subject to hydrolysis) is 1. The molecule has 1 unspecified atom stereocenters. The number of ether oxygens (including phenoxy) is 3. The quantitative estimate of drug-likeness (QED) is 0.171. The van der Waals surface area contributed by atoms with E-state index >= 15 is 8.78 Å². The van der Waals surface area contributed by atoms with E-state index in [2.05, 4.69) is 51.8 Å². The molecule has 2 N–H and O–H groups in total. The van der Waals surface area contributed by atoms with Gasteiger partial charge >= 0.3 is 12.1 Å². The van der Waals surface area contributed by atoms with Gasteiger partial charge in [0.25, 0.3) is 0 Å². The molecule has 0 radical (unpaired) electrons. The summed E-state index contributed by atoms with van der Waals surface area (Å²) in [6, 6.07) is 3.93. The van der Waals surface area contributed by atoms with Crippen LogP contribution in [-0.2, 0) is 25.0 Å². The maximum absolute atomic E-state index is 15.1. The molecule has 3 rings (SSSR count). The Morgan fingerprint density at radius 1 is 1.25 bits per heavy atom. The molecule has 0 saturated carbocycles. The van der Waals surface area contributed by atoms with E-state index in [9.17, 15) is 13.2 Å². The number of aliphatic imine (C=N–C) groups is 1. The van der Waals surface area contributed by atoms with Gasteiger partial charge in [-0.1, -0.05) is 37.5 Å². The molecule has 0 fully saturated rings. The first-order valence-corrected chi connectivity index (χ1v) is 18.7. The fourth-order valence-corrected chi connectivity index (χ4v) is 5.98. The Hall–Kier alpha value is -3.91. The number of halogens is 2. The highest BCUT2D eigenvalue weighted by atomic mass is 32.2. The lowest BCUT2D eigenvalue weighted by Gasteiger charge is -2.35. The summed E-state index contributed by atoms with van der Waals surface area (Å²) in [7, 11) is -4.26. The minimum absolute atomic E-state index is 0.0390. The molecule has 1 aromatic carbocycles. The number of benzene rings is 1. The third-order valence-electron chi connectivity index (χ3n) is 6.22. The molecule has 44 heavy (non-hydrogen) atoms. The SMILES string of the molecule is CN1C(OC(=O)NCOCC[Si](C)(C)C)=NC(C)(c2cc(C=C(F)c3cnc(OCC#CCO)cn3)ccc2F)CS1(=O)=O. The number of carbonyl (C=O) groups excluding carboxylic acids is 1. The van der Waals surface area contributed by atoms with E-state index in [4.69, 9.17) is 19.3 Å². The van der Waals surface area contributed by atoms with Crippen LogP contribution in [0.5, 0.6) is 5.88 Å². The maximum atomic E-state index is 15.1. The van der Waals surface area contributed by atoms with Crippen LogP contribution in [0.2, 0.25) is 25.7 Å². The van der Waals surface area contributed by atoms with Crippen LogP contribution < -0.4 is 10.1 Å². The van der Waals surface area contributed by atoms with Crippen LogP contribution in [-0.4, -0.2) is 87.3 Å². The predicted octanol–water partition coefficient (Wildman–Crippen LogP) is 3.34. The minimum Gasteiger partial charge on any atom is -0.463 e. The molecule has 2 aromatic rings. The molecule has 0 bridgehead atoms. The third kappa shape index (κ3) is 9.81. The summed E-state index contributed by atoms with van der Waals surface area (Å²) in [5.74, 6) is 2.79. The summed E-state index contributed by atoms with van der Waals surface area (Å²) >= 11 is 0. The highest BCUT2D eigenvalue weighted by molar-refractivity contribution is 7.89.